The lowest BCUT2D eigenvalue weighted by atomic mass is 9.78. The second-order valence-electron chi connectivity index (χ2n) is 6.30. The first-order chi connectivity index (χ1) is 10.2. The molecular formula is C17H29NO3. The van der Waals surface area contributed by atoms with E-state index in [4.69, 9.17) is 4.74 Å². The largest absolute Gasteiger partial charge is 0.465 e. The number of hydrogen-bond acceptors (Lipinski definition) is 4. The summed E-state index contributed by atoms with van der Waals surface area (Å²) < 4.78 is 5.25. The highest BCUT2D eigenvalue weighted by Crippen LogP contribution is 2.33. The quantitative estimate of drug-likeness (QED) is 0.732. The molecule has 0 N–H and O–H groups in total. The van der Waals surface area contributed by atoms with Crippen molar-refractivity contribution in [3.63, 3.8) is 0 Å². The fraction of sp³-hybridized carbons (Fsp3) is 0.882. The lowest BCUT2D eigenvalue weighted by Gasteiger charge is -2.44. The van der Waals surface area contributed by atoms with Crippen LogP contribution in [0.4, 0.5) is 0 Å². The Bertz CT molecular complexity index is 369. The highest BCUT2D eigenvalue weighted by Gasteiger charge is 2.40. The van der Waals surface area contributed by atoms with Gasteiger partial charge in [0, 0.05) is 18.4 Å². The van der Waals surface area contributed by atoms with E-state index in [9.17, 15) is 9.59 Å². The Hall–Kier alpha value is -0.900. The second kappa shape index (κ2) is 7.92. The van der Waals surface area contributed by atoms with Crippen molar-refractivity contribution in [1.29, 1.82) is 0 Å². The molecule has 21 heavy (non-hydrogen) atoms. The van der Waals surface area contributed by atoms with E-state index in [1.54, 1.807) is 0 Å². The van der Waals surface area contributed by atoms with Gasteiger partial charge in [-0.3, -0.25) is 14.5 Å². The molecule has 0 amide bonds. The number of piperidine rings is 1. The highest BCUT2D eigenvalue weighted by molar-refractivity contribution is 5.82. The number of esters is 1. The van der Waals surface area contributed by atoms with Gasteiger partial charge in [0.1, 0.15) is 11.8 Å². The molecule has 0 bridgehead atoms. The SMILES string of the molecule is CCOC(=O)C(CC)N1CCCCC1C1CCCCC1=O. The maximum atomic E-state index is 12.3. The van der Waals surface area contributed by atoms with E-state index >= 15 is 0 Å². The van der Waals surface area contributed by atoms with Gasteiger partial charge in [-0.1, -0.05) is 19.8 Å². The number of carbonyl (C=O) groups excluding carboxylic acids is 2. The molecule has 0 spiro atoms. The summed E-state index contributed by atoms with van der Waals surface area (Å²) in [5, 5.41) is 0. The van der Waals surface area contributed by atoms with Gasteiger partial charge in [0.15, 0.2) is 0 Å². The van der Waals surface area contributed by atoms with Gasteiger partial charge in [-0.05, 0) is 45.6 Å². The predicted octanol–water partition coefficient (Wildman–Crippen LogP) is 2.94. The third kappa shape index (κ3) is 3.85. The molecule has 1 aliphatic carbocycles. The topological polar surface area (TPSA) is 46.6 Å². The molecule has 2 fully saturated rings. The first kappa shape index (κ1) is 16.5. The summed E-state index contributed by atoms with van der Waals surface area (Å²) in [6, 6.07) is 0.0749. The summed E-state index contributed by atoms with van der Waals surface area (Å²) >= 11 is 0. The van der Waals surface area contributed by atoms with Crippen molar-refractivity contribution >= 4 is 11.8 Å². The Morgan fingerprint density at radius 2 is 2.00 bits per heavy atom. The zero-order valence-corrected chi connectivity index (χ0v) is 13.5. The van der Waals surface area contributed by atoms with E-state index < -0.39 is 0 Å². The Kier molecular flexibility index (Phi) is 6.22. The second-order valence-corrected chi connectivity index (χ2v) is 6.30. The minimum absolute atomic E-state index is 0.116. The van der Waals surface area contributed by atoms with Crippen LogP contribution in [-0.2, 0) is 14.3 Å². The maximum Gasteiger partial charge on any atom is 0.323 e. The minimum atomic E-state index is -0.176. The standard InChI is InChI=1S/C17H29NO3/c1-3-14(17(20)21-4-2)18-12-8-7-10-15(18)13-9-5-6-11-16(13)19/h13-15H,3-12H2,1-2H3. The molecule has 3 unspecified atom stereocenters. The predicted molar refractivity (Wildman–Crippen MR) is 82.0 cm³/mol. The summed E-state index contributed by atoms with van der Waals surface area (Å²) in [7, 11) is 0. The molecule has 120 valence electrons. The first-order valence-corrected chi connectivity index (χ1v) is 8.64. The van der Waals surface area contributed by atoms with E-state index in [0.717, 1.165) is 51.5 Å². The molecule has 0 aromatic carbocycles. The maximum absolute atomic E-state index is 12.3. The highest BCUT2D eigenvalue weighted by atomic mass is 16.5. The minimum Gasteiger partial charge on any atom is -0.465 e. The average molecular weight is 295 g/mol. The van der Waals surface area contributed by atoms with Crippen LogP contribution in [0.15, 0.2) is 0 Å². The molecule has 1 saturated carbocycles. The van der Waals surface area contributed by atoms with E-state index in [1.165, 1.54) is 6.42 Å². The number of carbonyl (C=O) groups is 2. The van der Waals surface area contributed by atoms with Crippen LogP contribution in [0.2, 0.25) is 0 Å². The van der Waals surface area contributed by atoms with Crippen molar-refractivity contribution in [2.75, 3.05) is 13.2 Å². The molecule has 0 radical (unpaired) electrons. The molecule has 1 aliphatic heterocycles. The zero-order valence-electron chi connectivity index (χ0n) is 13.5. The van der Waals surface area contributed by atoms with Crippen LogP contribution >= 0.6 is 0 Å². The van der Waals surface area contributed by atoms with Crippen LogP contribution < -0.4 is 0 Å². The van der Waals surface area contributed by atoms with Crippen molar-refractivity contribution in [3.05, 3.63) is 0 Å². The van der Waals surface area contributed by atoms with Crippen molar-refractivity contribution in [1.82, 2.24) is 4.90 Å². The van der Waals surface area contributed by atoms with Gasteiger partial charge < -0.3 is 4.74 Å². The van der Waals surface area contributed by atoms with Gasteiger partial charge in [-0.15, -0.1) is 0 Å². The normalized spacial score (nSPS) is 29.1. The summed E-state index contributed by atoms with van der Waals surface area (Å²) in [4.78, 5) is 26.8. The van der Waals surface area contributed by atoms with Gasteiger partial charge in [-0.25, -0.2) is 0 Å². The van der Waals surface area contributed by atoms with Crippen LogP contribution in [-0.4, -0.2) is 41.9 Å². The smallest absolute Gasteiger partial charge is 0.323 e. The lowest BCUT2D eigenvalue weighted by Crippen LogP contribution is -2.54. The molecule has 4 heteroatoms. The molecule has 2 rings (SSSR count). The van der Waals surface area contributed by atoms with Crippen molar-refractivity contribution in [3.8, 4) is 0 Å². The number of nitrogens with zero attached hydrogens (tertiary/aromatic N) is 1. The number of Topliss-reactive ketones (excluding diaryl/α,β-unsaturated/α-hetero) is 1. The summed E-state index contributed by atoms with van der Waals surface area (Å²) in [5.41, 5.74) is 0. The molecule has 1 saturated heterocycles. The van der Waals surface area contributed by atoms with E-state index in [2.05, 4.69) is 4.90 Å². The molecule has 1 heterocycles. The molecule has 0 aromatic heterocycles. The third-order valence-electron chi connectivity index (χ3n) is 5.00. The van der Waals surface area contributed by atoms with Crippen molar-refractivity contribution in [2.45, 2.75) is 77.3 Å². The van der Waals surface area contributed by atoms with Gasteiger partial charge in [0.2, 0.25) is 0 Å². The average Bonchev–Trinajstić information content (AvgIpc) is 2.49. The number of rotatable bonds is 5. The van der Waals surface area contributed by atoms with E-state index in [1.807, 2.05) is 13.8 Å². The van der Waals surface area contributed by atoms with Crippen LogP contribution in [0.1, 0.15) is 65.2 Å². The van der Waals surface area contributed by atoms with Gasteiger partial charge >= 0.3 is 5.97 Å². The van der Waals surface area contributed by atoms with Crippen molar-refractivity contribution in [2.24, 2.45) is 5.92 Å². The zero-order chi connectivity index (χ0) is 15.2. The monoisotopic (exact) mass is 295 g/mol. The fourth-order valence-electron chi connectivity index (χ4n) is 3.99. The summed E-state index contributed by atoms with van der Waals surface area (Å²) in [5.74, 6) is 0.439. The fourth-order valence-corrected chi connectivity index (χ4v) is 3.99. The number of ether oxygens (including phenoxy) is 1. The molecular weight excluding hydrogens is 266 g/mol. The summed E-state index contributed by atoms with van der Waals surface area (Å²) in [6.45, 7) is 5.24. The van der Waals surface area contributed by atoms with Gasteiger partial charge in [0.05, 0.1) is 6.61 Å². The Morgan fingerprint density at radius 3 is 2.67 bits per heavy atom. The number of hydrogen-bond donors (Lipinski definition) is 0. The number of ketones is 1. The van der Waals surface area contributed by atoms with E-state index in [0.29, 0.717) is 12.4 Å². The third-order valence-corrected chi connectivity index (χ3v) is 5.00. The molecule has 2 aliphatic rings. The number of likely N-dealkylation sites (tertiary alicyclic amines) is 1. The van der Waals surface area contributed by atoms with E-state index in [-0.39, 0.29) is 24.0 Å². The van der Waals surface area contributed by atoms with Gasteiger partial charge in [0.25, 0.3) is 0 Å². The van der Waals surface area contributed by atoms with Crippen LogP contribution in [0.5, 0.6) is 0 Å². The molecule has 4 nitrogen and oxygen atoms in total. The van der Waals surface area contributed by atoms with Gasteiger partial charge in [-0.2, -0.15) is 0 Å². The van der Waals surface area contributed by atoms with Crippen LogP contribution in [0.3, 0.4) is 0 Å². The molecule has 0 aromatic rings. The Morgan fingerprint density at radius 1 is 1.24 bits per heavy atom. The molecule has 3 atom stereocenters. The Labute approximate surface area is 128 Å². The van der Waals surface area contributed by atoms with Crippen molar-refractivity contribution < 1.29 is 14.3 Å². The first-order valence-electron chi connectivity index (χ1n) is 8.64. The van der Waals surface area contributed by atoms with Crippen LogP contribution in [0.25, 0.3) is 0 Å². The lowest BCUT2D eigenvalue weighted by molar-refractivity contribution is -0.153. The Balaban J connectivity index is 2.13. The summed E-state index contributed by atoms with van der Waals surface area (Å²) in [6.07, 6.45) is 8.01. The van der Waals surface area contributed by atoms with Crippen LogP contribution in [0, 0.1) is 5.92 Å².